The molecule has 0 aliphatic rings. The number of benzene rings is 1. The van der Waals surface area contributed by atoms with Gasteiger partial charge in [0.2, 0.25) is 5.95 Å². The largest absolute Gasteiger partial charge is 0.324 e. The van der Waals surface area contributed by atoms with E-state index in [4.69, 9.17) is 11.6 Å². The van der Waals surface area contributed by atoms with E-state index in [0.29, 0.717) is 10.9 Å². The van der Waals surface area contributed by atoms with Crippen LogP contribution in [0, 0.1) is 5.92 Å². The predicted molar refractivity (Wildman–Crippen MR) is 79.5 cm³/mol. The smallest absolute Gasteiger partial charge is 0.207 e. The molecule has 0 fully saturated rings. The summed E-state index contributed by atoms with van der Waals surface area (Å²) in [5.41, 5.74) is 0.849. The van der Waals surface area contributed by atoms with Gasteiger partial charge in [0.15, 0.2) is 0 Å². The Kier molecular flexibility index (Phi) is 4.30. The summed E-state index contributed by atoms with van der Waals surface area (Å²) in [4.78, 5) is 4.31. The fraction of sp³-hybridized carbons (Fsp3) is 0.308. The molecule has 18 heavy (non-hydrogen) atoms. The summed E-state index contributed by atoms with van der Waals surface area (Å²) in [7, 11) is 0. The number of anilines is 2. The highest BCUT2D eigenvalue weighted by Crippen LogP contribution is 2.28. The van der Waals surface area contributed by atoms with Gasteiger partial charge in [-0.15, -0.1) is 0 Å². The fourth-order valence-corrected chi connectivity index (χ4v) is 2.21. The SMILES string of the molecule is CC(C)Cn1ccnc1Nc1cc(Br)ccc1Cl. The van der Waals surface area contributed by atoms with Crippen LogP contribution in [0.4, 0.5) is 11.6 Å². The quantitative estimate of drug-likeness (QED) is 0.881. The maximum Gasteiger partial charge on any atom is 0.207 e. The van der Waals surface area contributed by atoms with Crippen LogP contribution in [0.15, 0.2) is 35.1 Å². The Hall–Kier alpha value is -1.000. The van der Waals surface area contributed by atoms with E-state index in [1.807, 2.05) is 24.4 Å². The van der Waals surface area contributed by atoms with E-state index < -0.39 is 0 Å². The van der Waals surface area contributed by atoms with Gasteiger partial charge in [0.05, 0.1) is 10.7 Å². The molecule has 3 nitrogen and oxygen atoms in total. The van der Waals surface area contributed by atoms with Gasteiger partial charge in [-0.2, -0.15) is 0 Å². The van der Waals surface area contributed by atoms with Crippen molar-refractivity contribution >= 4 is 39.2 Å². The number of nitrogens with one attached hydrogen (secondary N) is 1. The molecule has 1 heterocycles. The highest BCUT2D eigenvalue weighted by Gasteiger charge is 2.07. The highest BCUT2D eigenvalue weighted by molar-refractivity contribution is 9.10. The lowest BCUT2D eigenvalue weighted by atomic mass is 10.2. The van der Waals surface area contributed by atoms with Crippen LogP contribution in [0.2, 0.25) is 5.02 Å². The van der Waals surface area contributed by atoms with Crippen molar-refractivity contribution in [1.29, 1.82) is 0 Å². The maximum absolute atomic E-state index is 6.15. The molecule has 0 aliphatic carbocycles. The second-order valence-electron chi connectivity index (χ2n) is 4.55. The van der Waals surface area contributed by atoms with Gasteiger partial charge in [0.1, 0.15) is 0 Å². The number of imidazole rings is 1. The van der Waals surface area contributed by atoms with E-state index >= 15 is 0 Å². The molecule has 0 unspecified atom stereocenters. The molecular weight excluding hydrogens is 314 g/mol. The van der Waals surface area contributed by atoms with Crippen molar-refractivity contribution in [3.8, 4) is 0 Å². The Balaban J connectivity index is 2.23. The number of aromatic nitrogens is 2. The van der Waals surface area contributed by atoms with Crippen LogP contribution < -0.4 is 5.32 Å². The second-order valence-corrected chi connectivity index (χ2v) is 5.87. The van der Waals surface area contributed by atoms with Crippen molar-refractivity contribution in [1.82, 2.24) is 9.55 Å². The summed E-state index contributed by atoms with van der Waals surface area (Å²) in [6, 6.07) is 5.70. The van der Waals surface area contributed by atoms with Crippen molar-refractivity contribution in [3.05, 3.63) is 40.1 Å². The van der Waals surface area contributed by atoms with Crippen LogP contribution in [-0.2, 0) is 6.54 Å². The standard InChI is InChI=1S/C13H15BrClN3/c1-9(2)8-18-6-5-16-13(18)17-12-7-10(14)3-4-11(12)15/h3-7,9H,8H2,1-2H3,(H,16,17). The van der Waals surface area contributed by atoms with Crippen molar-refractivity contribution < 1.29 is 0 Å². The molecule has 0 atom stereocenters. The molecule has 0 aliphatic heterocycles. The van der Waals surface area contributed by atoms with Gasteiger partial charge in [0, 0.05) is 23.4 Å². The van der Waals surface area contributed by atoms with Gasteiger partial charge in [-0.1, -0.05) is 41.4 Å². The van der Waals surface area contributed by atoms with Crippen molar-refractivity contribution in [2.24, 2.45) is 5.92 Å². The first kappa shape index (κ1) is 13.4. The molecule has 0 radical (unpaired) electrons. The van der Waals surface area contributed by atoms with Gasteiger partial charge in [-0.05, 0) is 24.1 Å². The van der Waals surface area contributed by atoms with Crippen LogP contribution >= 0.6 is 27.5 Å². The Labute approximate surface area is 120 Å². The van der Waals surface area contributed by atoms with E-state index in [-0.39, 0.29) is 0 Å². The summed E-state index contributed by atoms with van der Waals surface area (Å²) in [6.07, 6.45) is 3.75. The Morgan fingerprint density at radius 1 is 1.44 bits per heavy atom. The molecule has 5 heteroatoms. The summed E-state index contributed by atoms with van der Waals surface area (Å²) < 4.78 is 3.07. The van der Waals surface area contributed by atoms with Crippen molar-refractivity contribution in [3.63, 3.8) is 0 Å². The van der Waals surface area contributed by atoms with Gasteiger partial charge in [0.25, 0.3) is 0 Å². The van der Waals surface area contributed by atoms with Gasteiger partial charge < -0.3 is 9.88 Å². The Morgan fingerprint density at radius 2 is 2.22 bits per heavy atom. The van der Waals surface area contributed by atoms with E-state index in [2.05, 4.69) is 44.6 Å². The second kappa shape index (κ2) is 5.76. The first-order chi connectivity index (χ1) is 8.56. The normalized spacial score (nSPS) is 10.9. The van der Waals surface area contributed by atoms with Crippen LogP contribution in [0.1, 0.15) is 13.8 Å². The molecule has 96 valence electrons. The minimum absolute atomic E-state index is 0.567. The molecule has 2 aromatic rings. The minimum atomic E-state index is 0.567. The molecule has 1 aromatic heterocycles. The molecule has 0 saturated carbocycles. The average Bonchev–Trinajstić information content (AvgIpc) is 2.70. The van der Waals surface area contributed by atoms with Crippen molar-refractivity contribution in [2.45, 2.75) is 20.4 Å². The maximum atomic E-state index is 6.15. The topological polar surface area (TPSA) is 29.9 Å². The van der Waals surface area contributed by atoms with Crippen LogP contribution in [0.3, 0.4) is 0 Å². The number of hydrogen-bond acceptors (Lipinski definition) is 2. The predicted octanol–water partition coefficient (Wildman–Crippen LogP) is 4.70. The lowest BCUT2D eigenvalue weighted by Crippen LogP contribution is -2.07. The highest BCUT2D eigenvalue weighted by atomic mass is 79.9. The molecule has 0 amide bonds. The summed E-state index contributed by atoms with van der Waals surface area (Å²) >= 11 is 9.58. The molecule has 0 bridgehead atoms. The van der Waals surface area contributed by atoms with E-state index in [9.17, 15) is 0 Å². The zero-order chi connectivity index (χ0) is 13.1. The number of hydrogen-bond donors (Lipinski definition) is 1. The first-order valence-electron chi connectivity index (χ1n) is 5.79. The Morgan fingerprint density at radius 3 is 2.94 bits per heavy atom. The number of halogens is 2. The average molecular weight is 329 g/mol. The van der Waals surface area contributed by atoms with Gasteiger partial charge in [-0.3, -0.25) is 0 Å². The molecule has 1 aromatic carbocycles. The zero-order valence-corrected chi connectivity index (χ0v) is 12.7. The van der Waals surface area contributed by atoms with Gasteiger partial charge in [-0.25, -0.2) is 4.98 Å². The Bertz CT molecular complexity index is 537. The third-order valence-corrected chi connectivity index (χ3v) is 3.28. The molecule has 0 spiro atoms. The minimum Gasteiger partial charge on any atom is -0.324 e. The third kappa shape index (κ3) is 3.27. The summed E-state index contributed by atoms with van der Waals surface area (Å²) in [5, 5.41) is 3.93. The van der Waals surface area contributed by atoms with Gasteiger partial charge >= 0.3 is 0 Å². The zero-order valence-electron chi connectivity index (χ0n) is 10.3. The van der Waals surface area contributed by atoms with E-state index in [1.165, 1.54) is 0 Å². The molecule has 0 saturated heterocycles. The number of nitrogens with zero attached hydrogens (tertiary/aromatic N) is 2. The van der Waals surface area contributed by atoms with E-state index in [1.54, 1.807) is 6.20 Å². The lowest BCUT2D eigenvalue weighted by Gasteiger charge is -2.12. The summed E-state index contributed by atoms with van der Waals surface area (Å²) in [5.74, 6) is 1.38. The third-order valence-electron chi connectivity index (χ3n) is 2.45. The van der Waals surface area contributed by atoms with Crippen LogP contribution in [0.5, 0.6) is 0 Å². The van der Waals surface area contributed by atoms with Crippen LogP contribution in [0.25, 0.3) is 0 Å². The molecule has 2 rings (SSSR count). The molecule has 1 N–H and O–H groups in total. The first-order valence-corrected chi connectivity index (χ1v) is 6.96. The number of rotatable bonds is 4. The van der Waals surface area contributed by atoms with E-state index in [0.717, 1.165) is 22.7 Å². The fourth-order valence-electron chi connectivity index (χ4n) is 1.69. The monoisotopic (exact) mass is 327 g/mol. The summed E-state index contributed by atoms with van der Waals surface area (Å²) in [6.45, 7) is 5.28. The lowest BCUT2D eigenvalue weighted by molar-refractivity contribution is 0.527. The van der Waals surface area contributed by atoms with Crippen LogP contribution in [-0.4, -0.2) is 9.55 Å². The molecular formula is C13H15BrClN3. The van der Waals surface area contributed by atoms with Crippen molar-refractivity contribution in [2.75, 3.05) is 5.32 Å².